The zero-order valence-corrected chi connectivity index (χ0v) is 30.7. The molecule has 7 N–H and O–H groups in total. The molecule has 0 saturated carbocycles. The number of sulfone groups is 1. The maximum absolute atomic E-state index is 12.0. The van der Waals surface area contributed by atoms with Crippen LogP contribution in [0.25, 0.3) is 0 Å². The van der Waals surface area contributed by atoms with E-state index in [2.05, 4.69) is 39.1 Å². The van der Waals surface area contributed by atoms with Gasteiger partial charge in [-0.05, 0) is 54.7 Å². The molecule has 0 radical (unpaired) electrons. The first-order chi connectivity index (χ1) is 24.1. The monoisotopic (exact) mass is 716 g/mol. The van der Waals surface area contributed by atoms with E-state index in [0.29, 0.717) is 17.3 Å². The van der Waals surface area contributed by atoms with E-state index >= 15 is 0 Å². The third-order valence-electron chi connectivity index (χ3n) is 7.52. The zero-order chi connectivity index (χ0) is 37.5. The Kier molecular flexibility index (Phi) is 12.1. The van der Waals surface area contributed by atoms with Crippen molar-refractivity contribution in [3.8, 4) is 34.5 Å². The standard InChI is InChI=1S/C21H24N4O2.C15H20N4O4S/c1-13(2)16-11-17(26-4)14(3)10-18(16)27-19-12-23-21(22)25-20(19)24-15-8-6-5-7-9-15;1-8(2)9-5-11(22-3)13(24(4,20)21)6-10(9)23-12-7-18-15(17)19-14(12)16/h5-13H,1-4H3,(H3,22,23,24,25);5-8H,1-4H3,(H4,16,17,18,19). The van der Waals surface area contributed by atoms with Gasteiger partial charge in [-0.3, -0.25) is 0 Å². The normalized spacial score (nSPS) is 11.1. The molecule has 0 aliphatic carbocycles. The van der Waals surface area contributed by atoms with Crippen molar-refractivity contribution in [1.82, 2.24) is 19.9 Å². The molecule has 0 atom stereocenters. The third kappa shape index (κ3) is 9.66. The highest BCUT2D eigenvalue weighted by Crippen LogP contribution is 2.40. The van der Waals surface area contributed by atoms with E-state index in [1.807, 2.05) is 63.2 Å². The minimum Gasteiger partial charge on any atom is -0.496 e. The third-order valence-corrected chi connectivity index (χ3v) is 8.64. The maximum Gasteiger partial charge on any atom is 0.222 e. The molecule has 51 heavy (non-hydrogen) atoms. The Morgan fingerprint density at radius 2 is 1.22 bits per heavy atom. The van der Waals surface area contributed by atoms with Crippen LogP contribution in [0.15, 0.2) is 71.9 Å². The first-order valence-corrected chi connectivity index (χ1v) is 17.8. The van der Waals surface area contributed by atoms with Crippen molar-refractivity contribution in [2.45, 2.75) is 51.3 Å². The van der Waals surface area contributed by atoms with Gasteiger partial charge in [-0.1, -0.05) is 45.9 Å². The molecule has 2 aromatic heterocycles. The topological polar surface area (TPSA) is 213 Å². The van der Waals surface area contributed by atoms with Crippen molar-refractivity contribution in [1.29, 1.82) is 0 Å². The van der Waals surface area contributed by atoms with Gasteiger partial charge in [0.2, 0.25) is 11.9 Å². The number of aromatic nitrogens is 4. The van der Waals surface area contributed by atoms with Crippen molar-refractivity contribution in [3.05, 3.63) is 83.7 Å². The number of aryl methyl sites for hydroxylation is 1. The minimum absolute atomic E-state index is 0.0236. The Hall–Kier alpha value is -5.83. The zero-order valence-electron chi connectivity index (χ0n) is 29.9. The summed E-state index contributed by atoms with van der Waals surface area (Å²) in [6, 6.07) is 16.8. The average Bonchev–Trinajstić information content (AvgIpc) is 3.07. The first-order valence-electron chi connectivity index (χ1n) is 15.9. The van der Waals surface area contributed by atoms with Crippen molar-refractivity contribution in [3.63, 3.8) is 0 Å². The van der Waals surface area contributed by atoms with Crippen molar-refractivity contribution in [2.75, 3.05) is 43.0 Å². The number of nitrogens with two attached hydrogens (primary N) is 3. The summed E-state index contributed by atoms with van der Waals surface area (Å²) in [7, 11) is -0.421. The molecule has 14 nitrogen and oxygen atoms in total. The van der Waals surface area contributed by atoms with E-state index in [-0.39, 0.29) is 45.9 Å². The van der Waals surface area contributed by atoms with Gasteiger partial charge >= 0.3 is 0 Å². The van der Waals surface area contributed by atoms with Crippen LogP contribution in [0.2, 0.25) is 0 Å². The van der Waals surface area contributed by atoms with Crippen LogP contribution in [0.5, 0.6) is 34.5 Å². The molecule has 0 saturated heterocycles. The second kappa shape index (κ2) is 16.3. The van der Waals surface area contributed by atoms with Crippen molar-refractivity contribution < 1.29 is 27.4 Å². The van der Waals surface area contributed by atoms with Crippen LogP contribution in [0.3, 0.4) is 0 Å². The van der Waals surface area contributed by atoms with E-state index in [1.54, 1.807) is 19.4 Å². The Morgan fingerprint density at radius 1 is 0.686 bits per heavy atom. The number of nitrogens with zero attached hydrogens (tertiary/aromatic N) is 4. The molecule has 0 aliphatic heterocycles. The summed E-state index contributed by atoms with van der Waals surface area (Å²) in [5.74, 6) is 3.96. The van der Waals surface area contributed by atoms with Crippen LogP contribution in [0.1, 0.15) is 56.2 Å². The lowest BCUT2D eigenvalue weighted by Crippen LogP contribution is -2.06. The lowest BCUT2D eigenvalue weighted by Gasteiger charge is -2.18. The molecule has 15 heteroatoms. The highest BCUT2D eigenvalue weighted by atomic mass is 32.2. The summed E-state index contributed by atoms with van der Waals surface area (Å²) in [6.07, 6.45) is 4.02. The van der Waals surface area contributed by atoms with Gasteiger partial charge in [0.25, 0.3) is 0 Å². The Morgan fingerprint density at radius 3 is 1.76 bits per heavy atom. The SMILES string of the molecule is COc1cc(C(C)C)c(Oc2cnc(N)nc2N)cc1S(C)(=O)=O.COc1cc(C(C)C)c(Oc2cnc(N)nc2Nc2ccccc2)cc1C. The number of anilines is 5. The molecule has 0 bridgehead atoms. The molecule has 0 amide bonds. The van der Waals surface area contributed by atoms with Gasteiger partial charge < -0.3 is 41.5 Å². The van der Waals surface area contributed by atoms with Gasteiger partial charge in [-0.15, -0.1) is 0 Å². The molecule has 0 aliphatic rings. The number of para-hydroxylation sites is 1. The molecular formula is C36H44N8O6S. The van der Waals surface area contributed by atoms with E-state index < -0.39 is 9.84 Å². The first kappa shape index (κ1) is 38.0. The van der Waals surface area contributed by atoms with E-state index in [0.717, 1.165) is 40.1 Å². The lowest BCUT2D eigenvalue weighted by atomic mass is 10.00. The second-order valence-electron chi connectivity index (χ2n) is 12.1. The van der Waals surface area contributed by atoms with E-state index in [9.17, 15) is 8.42 Å². The van der Waals surface area contributed by atoms with Gasteiger partial charge in [-0.2, -0.15) is 9.97 Å². The molecule has 270 valence electrons. The van der Waals surface area contributed by atoms with Gasteiger partial charge in [0, 0.05) is 29.1 Å². The Labute approximate surface area is 298 Å². The van der Waals surface area contributed by atoms with Gasteiger partial charge in [0.15, 0.2) is 33.0 Å². The molecule has 2 heterocycles. The van der Waals surface area contributed by atoms with Crippen LogP contribution in [-0.4, -0.2) is 48.8 Å². The number of rotatable bonds is 11. The fourth-order valence-corrected chi connectivity index (χ4v) is 5.73. The molecule has 3 aromatic carbocycles. The Balaban J connectivity index is 0.000000230. The number of ether oxygens (including phenoxy) is 4. The van der Waals surface area contributed by atoms with E-state index in [1.165, 1.54) is 19.4 Å². The smallest absolute Gasteiger partial charge is 0.222 e. The predicted molar refractivity (Wildman–Crippen MR) is 199 cm³/mol. The average molecular weight is 717 g/mol. The summed E-state index contributed by atoms with van der Waals surface area (Å²) in [4.78, 5) is 16.1. The number of nitrogens with one attached hydrogen (secondary N) is 1. The van der Waals surface area contributed by atoms with Crippen LogP contribution in [0, 0.1) is 6.92 Å². The molecule has 0 spiro atoms. The largest absolute Gasteiger partial charge is 0.496 e. The number of hydrogen-bond donors (Lipinski definition) is 4. The number of methoxy groups -OCH3 is 2. The fraction of sp³-hybridized carbons (Fsp3) is 0.278. The summed E-state index contributed by atoms with van der Waals surface area (Å²) < 4.78 is 46.7. The summed E-state index contributed by atoms with van der Waals surface area (Å²) in [5, 5.41) is 3.24. The van der Waals surface area contributed by atoms with Crippen molar-refractivity contribution >= 4 is 39.1 Å². The quantitative estimate of drug-likeness (QED) is 0.108. The fourth-order valence-electron chi connectivity index (χ4n) is 4.90. The Bertz CT molecular complexity index is 2090. The summed E-state index contributed by atoms with van der Waals surface area (Å²) >= 11 is 0. The van der Waals surface area contributed by atoms with Gasteiger partial charge in [0.1, 0.15) is 27.9 Å². The van der Waals surface area contributed by atoms with Crippen LogP contribution in [0.4, 0.5) is 29.2 Å². The minimum atomic E-state index is -3.51. The van der Waals surface area contributed by atoms with Crippen molar-refractivity contribution in [2.24, 2.45) is 0 Å². The summed E-state index contributed by atoms with van der Waals surface area (Å²) in [5.41, 5.74) is 20.7. The number of nitrogen functional groups attached to an aromatic ring is 3. The van der Waals surface area contributed by atoms with Crippen LogP contribution >= 0.6 is 0 Å². The molecule has 0 fully saturated rings. The maximum atomic E-state index is 12.0. The predicted octanol–water partition coefficient (Wildman–Crippen LogP) is 7.00. The number of benzene rings is 3. The second-order valence-corrected chi connectivity index (χ2v) is 14.1. The summed E-state index contributed by atoms with van der Waals surface area (Å²) in [6.45, 7) is 10.1. The molecule has 5 aromatic rings. The van der Waals surface area contributed by atoms with Gasteiger partial charge in [-0.25, -0.2) is 18.4 Å². The van der Waals surface area contributed by atoms with Crippen LogP contribution in [-0.2, 0) is 9.84 Å². The number of hydrogen-bond acceptors (Lipinski definition) is 14. The van der Waals surface area contributed by atoms with Crippen LogP contribution < -0.4 is 41.5 Å². The molecular weight excluding hydrogens is 673 g/mol. The highest BCUT2D eigenvalue weighted by molar-refractivity contribution is 7.90. The molecule has 5 rings (SSSR count). The molecule has 0 unspecified atom stereocenters. The lowest BCUT2D eigenvalue weighted by molar-refractivity contribution is 0.398. The highest BCUT2D eigenvalue weighted by Gasteiger charge is 2.22. The van der Waals surface area contributed by atoms with Gasteiger partial charge in [0.05, 0.1) is 26.6 Å². The van der Waals surface area contributed by atoms with E-state index in [4.69, 9.17) is 36.1 Å².